The number of non-ortho nitro benzene ring substituents is 1. The van der Waals surface area contributed by atoms with Gasteiger partial charge in [-0.1, -0.05) is 6.92 Å². The lowest BCUT2D eigenvalue weighted by atomic mass is 9.79. The molecule has 43 heavy (non-hydrogen) atoms. The van der Waals surface area contributed by atoms with Crippen molar-refractivity contribution >= 4 is 41.3 Å². The van der Waals surface area contributed by atoms with Crippen LogP contribution in [0.15, 0.2) is 34.9 Å². The molecule has 3 amide bonds. The van der Waals surface area contributed by atoms with Gasteiger partial charge < -0.3 is 29.6 Å². The van der Waals surface area contributed by atoms with Crippen LogP contribution in [0.2, 0.25) is 0 Å². The lowest BCUT2D eigenvalue weighted by molar-refractivity contribution is -0.384. The van der Waals surface area contributed by atoms with E-state index >= 15 is 0 Å². The number of carbonyl (C=O) groups excluding carboxylic acids is 3. The van der Waals surface area contributed by atoms with Gasteiger partial charge in [0.2, 0.25) is 11.8 Å². The van der Waals surface area contributed by atoms with Crippen molar-refractivity contribution < 1.29 is 39.1 Å². The van der Waals surface area contributed by atoms with Crippen LogP contribution in [-0.4, -0.2) is 122 Å². The number of nitrogens with zero attached hydrogens (tertiary/aromatic N) is 5. The van der Waals surface area contributed by atoms with Crippen molar-refractivity contribution in [3.05, 3.63) is 50.5 Å². The van der Waals surface area contributed by atoms with E-state index in [9.17, 15) is 39.5 Å². The normalized spacial score (nSPS) is 28.0. The van der Waals surface area contributed by atoms with Gasteiger partial charge in [-0.25, -0.2) is 9.59 Å². The van der Waals surface area contributed by atoms with Crippen molar-refractivity contribution in [2.24, 2.45) is 11.8 Å². The molecule has 3 fully saturated rings. The number of β-lactam (4-membered cyclic amide) rings is 1. The van der Waals surface area contributed by atoms with Crippen LogP contribution >= 0.6 is 11.8 Å². The molecular weight excluding hydrogens is 582 g/mol. The number of thioether (sulfide) groups is 1. The predicted octanol–water partition coefficient (Wildman–Crippen LogP) is 1.34. The van der Waals surface area contributed by atoms with E-state index in [2.05, 4.69) is 4.90 Å². The van der Waals surface area contributed by atoms with Crippen molar-refractivity contribution in [1.29, 1.82) is 0 Å². The van der Waals surface area contributed by atoms with Crippen LogP contribution < -0.4 is 0 Å². The van der Waals surface area contributed by atoms with Gasteiger partial charge in [-0.15, -0.1) is 11.8 Å². The molecule has 1 aromatic rings. The van der Waals surface area contributed by atoms with Gasteiger partial charge in [-0.3, -0.25) is 24.6 Å². The molecule has 15 heteroatoms. The highest BCUT2D eigenvalue weighted by Gasteiger charge is 2.60. The Hall–Kier alpha value is -3.69. The summed E-state index contributed by atoms with van der Waals surface area (Å²) in [5.41, 5.74) is 0.351. The van der Waals surface area contributed by atoms with Crippen molar-refractivity contribution in [3.63, 3.8) is 0 Å². The maximum atomic E-state index is 13.7. The van der Waals surface area contributed by atoms with Gasteiger partial charge in [0.15, 0.2) is 0 Å². The SMILES string of the molecule is C[C@@H](O)[C@H]1C(=O)N2C(C(=O)O)=C(S[C@H]3C[C@@H](C(=O)N4CCN(C)CC4)N(C(=O)OCc4ccc([N+](=O)[O-])cc4)C3)[C@H](C)[C@H]12. The molecule has 4 heterocycles. The number of aliphatic hydroxyl groups excluding tert-OH is 1. The van der Waals surface area contributed by atoms with E-state index in [0.717, 1.165) is 0 Å². The Morgan fingerprint density at radius 3 is 2.40 bits per heavy atom. The largest absolute Gasteiger partial charge is 0.477 e. The lowest BCUT2D eigenvalue weighted by Crippen LogP contribution is -2.63. The molecule has 4 aliphatic rings. The molecule has 0 aliphatic carbocycles. The Labute approximate surface area is 252 Å². The number of carboxylic acid groups (broad SMARTS) is 1. The Morgan fingerprint density at radius 1 is 1.16 bits per heavy atom. The third-order valence-electron chi connectivity index (χ3n) is 8.71. The van der Waals surface area contributed by atoms with Gasteiger partial charge in [0.05, 0.1) is 23.0 Å². The Bertz CT molecular complexity index is 1340. The molecule has 1 aromatic carbocycles. The van der Waals surface area contributed by atoms with Crippen molar-refractivity contribution in [2.75, 3.05) is 39.8 Å². The van der Waals surface area contributed by atoms with Gasteiger partial charge >= 0.3 is 12.1 Å². The van der Waals surface area contributed by atoms with Gasteiger partial charge in [0.25, 0.3) is 5.69 Å². The molecule has 3 saturated heterocycles. The Balaban J connectivity index is 1.34. The maximum Gasteiger partial charge on any atom is 0.410 e. The molecule has 0 aromatic heterocycles. The van der Waals surface area contributed by atoms with Crippen LogP contribution in [0.1, 0.15) is 25.8 Å². The summed E-state index contributed by atoms with van der Waals surface area (Å²) in [6.07, 6.45) is -1.37. The molecule has 232 valence electrons. The van der Waals surface area contributed by atoms with Gasteiger partial charge in [0.1, 0.15) is 18.3 Å². The molecular formula is C28H35N5O9S. The standard InChI is InChI=1S/C28H35N5O9S/c1-15-22-21(16(2)34)26(36)32(22)23(27(37)38)24(15)43-19-12-20(25(35)30-10-8-29(3)9-11-30)31(13-19)28(39)42-14-17-4-6-18(7-5-17)33(40)41/h4-7,15-16,19-22,34H,8-14H2,1-3H3,(H,37,38)/t15-,16-,19+,20+,21-,22-/m1/s1. The number of hydrogen-bond acceptors (Lipinski definition) is 10. The third kappa shape index (κ3) is 5.80. The van der Waals surface area contributed by atoms with Crippen LogP contribution in [0, 0.1) is 22.0 Å². The van der Waals surface area contributed by atoms with E-state index in [1.807, 2.05) is 14.0 Å². The summed E-state index contributed by atoms with van der Waals surface area (Å²) in [6, 6.07) is 4.34. The van der Waals surface area contributed by atoms with Crippen molar-refractivity contribution in [3.8, 4) is 0 Å². The fourth-order valence-electron chi connectivity index (χ4n) is 6.36. The summed E-state index contributed by atoms with van der Waals surface area (Å²) in [5, 5.41) is 30.8. The van der Waals surface area contributed by atoms with Crippen molar-refractivity contribution in [2.45, 2.75) is 50.3 Å². The van der Waals surface area contributed by atoms with Gasteiger partial charge in [0, 0.05) is 60.9 Å². The molecule has 0 radical (unpaired) electrons. The first-order valence-electron chi connectivity index (χ1n) is 14.2. The number of carboxylic acids is 1. The zero-order valence-corrected chi connectivity index (χ0v) is 24.9. The number of carbonyl (C=O) groups is 4. The van der Waals surface area contributed by atoms with E-state index in [1.165, 1.54) is 52.8 Å². The number of fused-ring (bicyclic) bond motifs is 1. The van der Waals surface area contributed by atoms with E-state index in [1.54, 1.807) is 4.90 Å². The topological polar surface area (TPSA) is 174 Å². The van der Waals surface area contributed by atoms with E-state index in [0.29, 0.717) is 36.6 Å². The minimum absolute atomic E-state index is 0.0882. The predicted molar refractivity (Wildman–Crippen MR) is 153 cm³/mol. The maximum absolute atomic E-state index is 13.7. The highest BCUT2D eigenvalue weighted by atomic mass is 32.2. The molecule has 2 N–H and O–H groups in total. The number of nitro benzene ring substituents is 1. The smallest absolute Gasteiger partial charge is 0.410 e. The number of likely N-dealkylation sites (tertiary alicyclic amines) is 1. The molecule has 0 saturated carbocycles. The quantitative estimate of drug-likeness (QED) is 0.245. The number of aliphatic carboxylic acids is 1. The number of aliphatic hydroxyl groups is 1. The molecule has 4 aliphatic heterocycles. The van der Waals surface area contributed by atoms with Crippen LogP contribution in [0.4, 0.5) is 10.5 Å². The minimum Gasteiger partial charge on any atom is -0.477 e. The van der Waals surface area contributed by atoms with Crippen LogP contribution in [0.5, 0.6) is 0 Å². The first-order chi connectivity index (χ1) is 20.4. The second-order valence-electron chi connectivity index (χ2n) is 11.5. The monoisotopic (exact) mass is 617 g/mol. The zero-order valence-electron chi connectivity index (χ0n) is 24.1. The summed E-state index contributed by atoms with van der Waals surface area (Å²) >= 11 is 1.26. The summed E-state index contributed by atoms with van der Waals surface area (Å²) < 4.78 is 5.54. The molecule has 6 atom stereocenters. The fourth-order valence-corrected chi connectivity index (χ4v) is 7.88. The average molecular weight is 618 g/mol. The number of nitro groups is 1. The number of hydrogen-bond donors (Lipinski definition) is 2. The number of piperazine rings is 1. The highest BCUT2D eigenvalue weighted by Crippen LogP contribution is 2.52. The number of ether oxygens (including phenoxy) is 1. The molecule has 14 nitrogen and oxygen atoms in total. The third-order valence-corrected chi connectivity index (χ3v) is 10.2. The van der Waals surface area contributed by atoms with Crippen molar-refractivity contribution in [1.82, 2.24) is 19.6 Å². The van der Waals surface area contributed by atoms with E-state index in [-0.39, 0.29) is 48.0 Å². The number of rotatable bonds is 8. The van der Waals surface area contributed by atoms with E-state index < -0.39 is 47.0 Å². The van der Waals surface area contributed by atoms with Gasteiger partial charge in [-0.05, 0) is 38.1 Å². The molecule has 0 bridgehead atoms. The Kier molecular flexibility index (Phi) is 8.68. The average Bonchev–Trinajstić information content (AvgIpc) is 3.49. The van der Waals surface area contributed by atoms with Gasteiger partial charge in [-0.2, -0.15) is 0 Å². The second-order valence-corrected chi connectivity index (χ2v) is 12.9. The number of benzene rings is 1. The second kappa shape index (κ2) is 12.1. The summed E-state index contributed by atoms with van der Waals surface area (Å²) in [4.78, 5) is 69.5. The van der Waals surface area contributed by atoms with Crippen LogP contribution in [-0.2, 0) is 25.7 Å². The number of likely N-dealkylation sites (N-methyl/N-ethyl adjacent to an activating group) is 1. The summed E-state index contributed by atoms with van der Waals surface area (Å²) in [5.74, 6) is -2.90. The van der Waals surface area contributed by atoms with E-state index in [4.69, 9.17) is 4.74 Å². The molecule has 0 unspecified atom stereocenters. The Morgan fingerprint density at radius 2 is 1.81 bits per heavy atom. The highest BCUT2D eigenvalue weighted by molar-refractivity contribution is 8.03. The summed E-state index contributed by atoms with van der Waals surface area (Å²) in [7, 11) is 1.97. The fraction of sp³-hybridized carbons (Fsp3) is 0.571. The zero-order chi connectivity index (χ0) is 31.2. The van der Waals surface area contributed by atoms with Crippen LogP contribution in [0.25, 0.3) is 0 Å². The van der Waals surface area contributed by atoms with Crippen LogP contribution in [0.3, 0.4) is 0 Å². The first-order valence-corrected chi connectivity index (χ1v) is 15.1. The lowest BCUT2D eigenvalue weighted by Gasteiger charge is -2.46. The first kappa shape index (κ1) is 30.8. The minimum atomic E-state index is -1.24. The molecule has 5 rings (SSSR count). The number of amides is 3. The molecule has 0 spiro atoms. The summed E-state index contributed by atoms with van der Waals surface area (Å²) in [6.45, 7) is 5.74.